The van der Waals surface area contributed by atoms with E-state index in [2.05, 4.69) is 26.1 Å². The Bertz CT molecular complexity index is 345. The monoisotopic (exact) mass is 235 g/mol. The quantitative estimate of drug-likeness (QED) is 0.873. The molecule has 1 aliphatic rings. The van der Waals surface area contributed by atoms with E-state index in [1.54, 1.807) is 0 Å². The molecular formula is C14H21NO2. The number of benzene rings is 1. The molecule has 1 aromatic carbocycles. The van der Waals surface area contributed by atoms with Crippen molar-refractivity contribution >= 4 is 0 Å². The van der Waals surface area contributed by atoms with E-state index in [1.807, 2.05) is 30.3 Å². The van der Waals surface area contributed by atoms with Gasteiger partial charge in [0, 0.05) is 17.6 Å². The van der Waals surface area contributed by atoms with Gasteiger partial charge in [0.25, 0.3) is 0 Å². The first-order chi connectivity index (χ1) is 8.04. The van der Waals surface area contributed by atoms with Gasteiger partial charge in [0.2, 0.25) is 0 Å². The summed E-state index contributed by atoms with van der Waals surface area (Å²) in [5.74, 6) is 0. The Kier molecular flexibility index (Phi) is 3.82. The highest BCUT2D eigenvalue weighted by Gasteiger charge is 2.27. The zero-order valence-electron chi connectivity index (χ0n) is 10.8. The molecule has 1 aromatic rings. The van der Waals surface area contributed by atoms with Gasteiger partial charge in [0.15, 0.2) is 6.29 Å². The van der Waals surface area contributed by atoms with Crippen molar-refractivity contribution in [3.05, 3.63) is 35.9 Å². The maximum atomic E-state index is 5.86. The van der Waals surface area contributed by atoms with Gasteiger partial charge in [-0.2, -0.15) is 0 Å². The fourth-order valence-corrected chi connectivity index (χ4v) is 1.76. The minimum atomic E-state index is -0.206. The highest BCUT2D eigenvalue weighted by Crippen LogP contribution is 2.26. The third-order valence-corrected chi connectivity index (χ3v) is 2.68. The van der Waals surface area contributed by atoms with Crippen molar-refractivity contribution in [2.45, 2.75) is 38.7 Å². The summed E-state index contributed by atoms with van der Waals surface area (Å²) in [7, 11) is 0. The lowest BCUT2D eigenvalue weighted by molar-refractivity contribution is -0.0602. The van der Waals surface area contributed by atoms with E-state index in [0.29, 0.717) is 6.61 Å². The minimum absolute atomic E-state index is 0.119. The number of hydrogen-bond acceptors (Lipinski definition) is 3. The van der Waals surface area contributed by atoms with Gasteiger partial charge in [0.1, 0.15) is 0 Å². The van der Waals surface area contributed by atoms with Crippen LogP contribution in [0.5, 0.6) is 0 Å². The zero-order chi connectivity index (χ0) is 12.3. The van der Waals surface area contributed by atoms with Crippen molar-refractivity contribution in [3.63, 3.8) is 0 Å². The lowest BCUT2D eigenvalue weighted by Gasteiger charge is -2.22. The molecule has 3 heteroatoms. The van der Waals surface area contributed by atoms with Crippen molar-refractivity contribution in [1.29, 1.82) is 0 Å². The minimum Gasteiger partial charge on any atom is -0.346 e. The molecule has 0 spiro atoms. The van der Waals surface area contributed by atoms with Crippen LogP contribution in [0.25, 0.3) is 0 Å². The number of nitrogens with one attached hydrogen (secondary N) is 1. The molecule has 1 saturated heterocycles. The van der Waals surface area contributed by atoms with Crippen molar-refractivity contribution in [2.75, 3.05) is 13.2 Å². The summed E-state index contributed by atoms with van der Waals surface area (Å²) in [5.41, 5.74) is 1.21. The van der Waals surface area contributed by atoms with Crippen LogP contribution < -0.4 is 5.32 Å². The molecule has 1 N–H and O–H groups in total. The molecule has 0 aromatic heterocycles. The summed E-state index contributed by atoms with van der Waals surface area (Å²) in [6, 6.07) is 10.1. The summed E-state index contributed by atoms with van der Waals surface area (Å²) >= 11 is 0. The Hall–Kier alpha value is -0.900. The van der Waals surface area contributed by atoms with E-state index in [1.165, 1.54) is 0 Å². The maximum Gasteiger partial charge on any atom is 0.184 e. The topological polar surface area (TPSA) is 30.5 Å². The van der Waals surface area contributed by atoms with E-state index in [0.717, 1.165) is 12.1 Å². The van der Waals surface area contributed by atoms with E-state index in [9.17, 15) is 0 Å². The van der Waals surface area contributed by atoms with Crippen LogP contribution in [0.4, 0.5) is 0 Å². The predicted molar refractivity (Wildman–Crippen MR) is 67.8 cm³/mol. The Morgan fingerprint density at radius 1 is 1.24 bits per heavy atom. The highest BCUT2D eigenvalue weighted by atomic mass is 16.7. The van der Waals surface area contributed by atoms with Crippen molar-refractivity contribution in [1.82, 2.24) is 5.32 Å². The Morgan fingerprint density at radius 2 is 1.94 bits per heavy atom. The average Bonchev–Trinajstić information content (AvgIpc) is 2.75. The summed E-state index contributed by atoms with van der Waals surface area (Å²) in [5, 5.41) is 3.43. The first-order valence-corrected chi connectivity index (χ1v) is 6.12. The second-order valence-corrected chi connectivity index (χ2v) is 5.46. The number of ether oxygens (including phenoxy) is 2. The first kappa shape index (κ1) is 12.6. The molecule has 1 fully saturated rings. The van der Waals surface area contributed by atoms with Crippen LogP contribution in [0.2, 0.25) is 0 Å². The molecule has 1 heterocycles. The van der Waals surface area contributed by atoms with Gasteiger partial charge in [-0.3, -0.25) is 0 Å². The van der Waals surface area contributed by atoms with Crippen molar-refractivity contribution < 1.29 is 9.47 Å². The van der Waals surface area contributed by atoms with Crippen LogP contribution in [-0.4, -0.2) is 24.8 Å². The normalized spacial score (nSPS) is 25.1. The third-order valence-electron chi connectivity index (χ3n) is 2.68. The molecule has 94 valence electrons. The molecule has 0 unspecified atom stereocenters. The van der Waals surface area contributed by atoms with Gasteiger partial charge in [0.05, 0.1) is 12.7 Å². The standard InChI is InChI=1S/C14H21NO2/c1-14(2,3)15-9-12-10-16-13(17-12)11-7-5-4-6-8-11/h4-8,12-13,15H,9-10H2,1-3H3/t12-,13+/m1/s1. The molecule has 0 amide bonds. The number of rotatable bonds is 3. The van der Waals surface area contributed by atoms with Crippen LogP contribution in [0, 0.1) is 0 Å². The summed E-state index contributed by atoms with van der Waals surface area (Å²) in [6.07, 6.45) is -0.0672. The molecule has 0 saturated carbocycles. The molecular weight excluding hydrogens is 214 g/mol. The first-order valence-electron chi connectivity index (χ1n) is 6.12. The van der Waals surface area contributed by atoms with Crippen LogP contribution in [0.15, 0.2) is 30.3 Å². The zero-order valence-corrected chi connectivity index (χ0v) is 10.8. The molecule has 17 heavy (non-hydrogen) atoms. The lowest BCUT2D eigenvalue weighted by Crippen LogP contribution is -2.41. The molecule has 3 nitrogen and oxygen atoms in total. The van der Waals surface area contributed by atoms with Gasteiger partial charge >= 0.3 is 0 Å². The second kappa shape index (κ2) is 5.17. The SMILES string of the molecule is CC(C)(C)NC[C@@H]1CO[C@H](c2ccccc2)O1. The Labute approximate surface area is 103 Å². The van der Waals surface area contributed by atoms with Gasteiger partial charge in [-0.1, -0.05) is 30.3 Å². The van der Waals surface area contributed by atoms with Gasteiger partial charge < -0.3 is 14.8 Å². The van der Waals surface area contributed by atoms with E-state index >= 15 is 0 Å². The van der Waals surface area contributed by atoms with Gasteiger partial charge in [-0.15, -0.1) is 0 Å². The molecule has 2 atom stereocenters. The summed E-state index contributed by atoms with van der Waals surface area (Å²) < 4.78 is 11.5. The van der Waals surface area contributed by atoms with E-state index < -0.39 is 0 Å². The van der Waals surface area contributed by atoms with Crippen LogP contribution in [-0.2, 0) is 9.47 Å². The fourth-order valence-electron chi connectivity index (χ4n) is 1.76. The number of hydrogen-bond donors (Lipinski definition) is 1. The molecule has 0 radical (unpaired) electrons. The van der Waals surface area contributed by atoms with Crippen LogP contribution >= 0.6 is 0 Å². The molecule has 1 aliphatic heterocycles. The lowest BCUT2D eigenvalue weighted by atomic mass is 10.1. The van der Waals surface area contributed by atoms with Gasteiger partial charge in [-0.05, 0) is 20.8 Å². The molecule has 0 bridgehead atoms. The van der Waals surface area contributed by atoms with Crippen molar-refractivity contribution in [2.24, 2.45) is 0 Å². The Balaban J connectivity index is 1.84. The summed E-state index contributed by atoms with van der Waals surface area (Å²) in [6.45, 7) is 7.93. The highest BCUT2D eigenvalue weighted by molar-refractivity contribution is 5.16. The second-order valence-electron chi connectivity index (χ2n) is 5.46. The van der Waals surface area contributed by atoms with E-state index in [-0.39, 0.29) is 17.9 Å². The van der Waals surface area contributed by atoms with Crippen LogP contribution in [0.1, 0.15) is 32.6 Å². The van der Waals surface area contributed by atoms with Gasteiger partial charge in [-0.25, -0.2) is 0 Å². The van der Waals surface area contributed by atoms with Crippen LogP contribution in [0.3, 0.4) is 0 Å². The molecule has 2 rings (SSSR count). The summed E-state index contributed by atoms with van der Waals surface area (Å²) in [4.78, 5) is 0. The largest absolute Gasteiger partial charge is 0.346 e. The Morgan fingerprint density at radius 3 is 2.59 bits per heavy atom. The maximum absolute atomic E-state index is 5.86. The smallest absolute Gasteiger partial charge is 0.184 e. The fraction of sp³-hybridized carbons (Fsp3) is 0.571. The molecule has 0 aliphatic carbocycles. The third kappa shape index (κ3) is 3.80. The average molecular weight is 235 g/mol. The van der Waals surface area contributed by atoms with Crippen molar-refractivity contribution in [3.8, 4) is 0 Å². The van der Waals surface area contributed by atoms with E-state index in [4.69, 9.17) is 9.47 Å². The predicted octanol–water partition coefficient (Wildman–Crippen LogP) is 2.49.